The van der Waals surface area contributed by atoms with Crippen molar-refractivity contribution >= 4 is 11.8 Å². The minimum atomic E-state index is -0.110. The molecule has 2 fully saturated rings. The van der Waals surface area contributed by atoms with Crippen molar-refractivity contribution in [3.05, 3.63) is 0 Å². The summed E-state index contributed by atoms with van der Waals surface area (Å²) in [6.45, 7) is 5.63. The molecule has 1 aliphatic carbocycles. The summed E-state index contributed by atoms with van der Waals surface area (Å²) in [6.07, 6.45) is 5.98. The number of nitrogens with two attached hydrogens (primary N) is 1. The summed E-state index contributed by atoms with van der Waals surface area (Å²) < 4.78 is 0. The summed E-state index contributed by atoms with van der Waals surface area (Å²) in [7, 11) is 0. The van der Waals surface area contributed by atoms with E-state index in [4.69, 9.17) is 5.73 Å². The van der Waals surface area contributed by atoms with E-state index >= 15 is 0 Å². The Morgan fingerprint density at radius 1 is 1.14 bits per heavy atom. The largest absolute Gasteiger partial charge is 0.352 e. The standard InChI is InChI=1S/C16H30N4O2/c1-13(11-17)16(22)20-9-7-19(8-10-20)12-15(21)18-14-5-3-2-4-6-14/h13-14H,2-12,17H2,1H3,(H,18,21). The highest BCUT2D eigenvalue weighted by molar-refractivity contribution is 5.79. The second-order valence-electron chi connectivity index (χ2n) is 6.64. The zero-order valence-electron chi connectivity index (χ0n) is 13.7. The van der Waals surface area contributed by atoms with Crippen molar-refractivity contribution in [2.45, 2.75) is 45.1 Å². The molecule has 0 bridgehead atoms. The van der Waals surface area contributed by atoms with Crippen molar-refractivity contribution in [2.75, 3.05) is 39.3 Å². The van der Waals surface area contributed by atoms with Crippen molar-refractivity contribution in [3.63, 3.8) is 0 Å². The number of piperazine rings is 1. The smallest absolute Gasteiger partial charge is 0.234 e. The number of carbonyl (C=O) groups excluding carboxylic acids is 2. The van der Waals surface area contributed by atoms with Gasteiger partial charge in [0.15, 0.2) is 0 Å². The van der Waals surface area contributed by atoms with Crippen LogP contribution in [-0.4, -0.2) is 66.9 Å². The Bertz CT molecular complexity index is 374. The Hall–Kier alpha value is -1.14. The van der Waals surface area contributed by atoms with E-state index in [0.717, 1.165) is 25.9 Å². The highest BCUT2D eigenvalue weighted by Gasteiger charge is 2.25. The van der Waals surface area contributed by atoms with Crippen molar-refractivity contribution in [3.8, 4) is 0 Å². The lowest BCUT2D eigenvalue weighted by atomic mass is 9.95. The van der Waals surface area contributed by atoms with Crippen molar-refractivity contribution in [1.29, 1.82) is 0 Å². The van der Waals surface area contributed by atoms with Gasteiger partial charge in [0.2, 0.25) is 11.8 Å². The molecular weight excluding hydrogens is 280 g/mol. The molecule has 0 radical (unpaired) electrons. The van der Waals surface area contributed by atoms with E-state index in [2.05, 4.69) is 10.2 Å². The van der Waals surface area contributed by atoms with Crippen LogP contribution in [0.25, 0.3) is 0 Å². The quantitative estimate of drug-likeness (QED) is 0.759. The van der Waals surface area contributed by atoms with Gasteiger partial charge in [0.25, 0.3) is 0 Å². The predicted octanol–water partition coefficient (Wildman–Crippen LogP) is 0.174. The molecule has 1 heterocycles. The van der Waals surface area contributed by atoms with E-state index in [0.29, 0.717) is 32.2 Å². The molecule has 1 unspecified atom stereocenters. The fraction of sp³-hybridized carbons (Fsp3) is 0.875. The third-order valence-corrected chi connectivity index (χ3v) is 4.80. The fourth-order valence-corrected chi connectivity index (χ4v) is 3.26. The van der Waals surface area contributed by atoms with Crippen LogP contribution < -0.4 is 11.1 Å². The van der Waals surface area contributed by atoms with Gasteiger partial charge in [0, 0.05) is 44.7 Å². The number of amides is 2. The van der Waals surface area contributed by atoms with Crippen LogP contribution in [0.5, 0.6) is 0 Å². The predicted molar refractivity (Wildman–Crippen MR) is 86.3 cm³/mol. The molecule has 0 aromatic heterocycles. The van der Waals surface area contributed by atoms with Gasteiger partial charge in [0.1, 0.15) is 0 Å². The third-order valence-electron chi connectivity index (χ3n) is 4.80. The zero-order chi connectivity index (χ0) is 15.9. The van der Waals surface area contributed by atoms with Gasteiger partial charge in [-0.15, -0.1) is 0 Å². The molecule has 126 valence electrons. The zero-order valence-corrected chi connectivity index (χ0v) is 13.7. The van der Waals surface area contributed by atoms with Crippen LogP contribution in [0.4, 0.5) is 0 Å². The molecule has 0 spiro atoms. The van der Waals surface area contributed by atoms with Gasteiger partial charge in [-0.1, -0.05) is 26.2 Å². The highest BCUT2D eigenvalue weighted by atomic mass is 16.2. The number of hydrogen-bond acceptors (Lipinski definition) is 4. The van der Waals surface area contributed by atoms with Crippen molar-refractivity contribution < 1.29 is 9.59 Å². The first-order chi connectivity index (χ1) is 10.6. The molecular formula is C16H30N4O2. The Morgan fingerprint density at radius 2 is 1.77 bits per heavy atom. The average molecular weight is 310 g/mol. The first kappa shape index (κ1) is 17.2. The molecule has 2 amide bonds. The molecule has 6 nitrogen and oxygen atoms in total. The van der Waals surface area contributed by atoms with E-state index < -0.39 is 0 Å². The second kappa shape index (κ2) is 8.48. The molecule has 2 rings (SSSR count). The van der Waals surface area contributed by atoms with Crippen LogP contribution >= 0.6 is 0 Å². The summed E-state index contributed by atoms with van der Waals surface area (Å²) in [5, 5.41) is 3.15. The summed E-state index contributed by atoms with van der Waals surface area (Å²) in [5.74, 6) is 0.150. The minimum Gasteiger partial charge on any atom is -0.352 e. The van der Waals surface area contributed by atoms with E-state index in [1.807, 2.05) is 11.8 Å². The summed E-state index contributed by atoms with van der Waals surface area (Å²) in [5.41, 5.74) is 5.55. The van der Waals surface area contributed by atoms with Crippen LogP contribution in [-0.2, 0) is 9.59 Å². The van der Waals surface area contributed by atoms with E-state index in [9.17, 15) is 9.59 Å². The van der Waals surface area contributed by atoms with E-state index in [-0.39, 0.29) is 17.7 Å². The number of rotatable bonds is 5. The molecule has 1 aliphatic heterocycles. The van der Waals surface area contributed by atoms with Gasteiger partial charge in [0.05, 0.1) is 6.54 Å². The highest BCUT2D eigenvalue weighted by Crippen LogP contribution is 2.17. The van der Waals surface area contributed by atoms with Crippen LogP contribution in [0, 0.1) is 5.92 Å². The van der Waals surface area contributed by atoms with Crippen molar-refractivity contribution in [1.82, 2.24) is 15.1 Å². The molecule has 0 aromatic carbocycles. The maximum atomic E-state index is 12.1. The summed E-state index contributed by atoms with van der Waals surface area (Å²) in [6, 6.07) is 0.370. The average Bonchev–Trinajstić information content (AvgIpc) is 2.55. The second-order valence-corrected chi connectivity index (χ2v) is 6.64. The van der Waals surface area contributed by atoms with Gasteiger partial charge in [-0.3, -0.25) is 14.5 Å². The summed E-state index contributed by atoms with van der Waals surface area (Å²) in [4.78, 5) is 28.2. The first-order valence-corrected chi connectivity index (χ1v) is 8.60. The number of nitrogens with zero attached hydrogens (tertiary/aromatic N) is 2. The monoisotopic (exact) mass is 310 g/mol. The Labute approximate surface area is 133 Å². The molecule has 2 aliphatic rings. The normalized spacial score (nSPS) is 22.4. The van der Waals surface area contributed by atoms with Crippen LogP contribution in [0.2, 0.25) is 0 Å². The molecule has 6 heteroatoms. The third kappa shape index (κ3) is 4.95. The van der Waals surface area contributed by atoms with Gasteiger partial charge < -0.3 is 16.0 Å². The van der Waals surface area contributed by atoms with Crippen LogP contribution in [0.3, 0.4) is 0 Å². The lowest BCUT2D eigenvalue weighted by molar-refractivity contribution is -0.136. The number of hydrogen-bond donors (Lipinski definition) is 2. The lowest BCUT2D eigenvalue weighted by Crippen LogP contribution is -2.53. The topological polar surface area (TPSA) is 78.7 Å². The van der Waals surface area contributed by atoms with Gasteiger partial charge in [-0.25, -0.2) is 0 Å². The maximum absolute atomic E-state index is 12.1. The number of carbonyl (C=O) groups is 2. The van der Waals surface area contributed by atoms with Gasteiger partial charge in [-0.05, 0) is 12.8 Å². The molecule has 22 heavy (non-hydrogen) atoms. The minimum absolute atomic E-state index is 0.110. The molecule has 1 saturated heterocycles. The Morgan fingerprint density at radius 3 is 2.36 bits per heavy atom. The van der Waals surface area contributed by atoms with Gasteiger partial charge in [-0.2, -0.15) is 0 Å². The fourth-order valence-electron chi connectivity index (χ4n) is 3.26. The first-order valence-electron chi connectivity index (χ1n) is 8.60. The van der Waals surface area contributed by atoms with Crippen LogP contribution in [0.15, 0.2) is 0 Å². The Balaban J connectivity index is 1.68. The summed E-state index contributed by atoms with van der Waals surface area (Å²) >= 11 is 0. The lowest BCUT2D eigenvalue weighted by Gasteiger charge is -2.35. The molecule has 3 N–H and O–H groups in total. The van der Waals surface area contributed by atoms with Crippen molar-refractivity contribution in [2.24, 2.45) is 11.7 Å². The number of nitrogens with one attached hydrogen (secondary N) is 1. The molecule has 0 aromatic rings. The molecule has 1 atom stereocenters. The Kier molecular flexibility index (Phi) is 6.64. The van der Waals surface area contributed by atoms with E-state index in [1.165, 1.54) is 19.3 Å². The van der Waals surface area contributed by atoms with Gasteiger partial charge >= 0.3 is 0 Å². The van der Waals surface area contributed by atoms with E-state index in [1.54, 1.807) is 0 Å². The van der Waals surface area contributed by atoms with Crippen LogP contribution in [0.1, 0.15) is 39.0 Å². The maximum Gasteiger partial charge on any atom is 0.234 e. The SMILES string of the molecule is CC(CN)C(=O)N1CCN(CC(=O)NC2CCCCC2)CC1. The molecule has 1 saturated carbocycles.